The highest BCUT2D eigenvalue weighted by Crippen LogP contribution is 2.23. The summed E-state index contributed by atoms with van der Waals surface area (Å²) in [6.45, 7) is 2.30. The summed E-state index contributed by atoms with van der Waals surface area (Å²) < 4.78 is 0. The van der Waals surface area contributed by atoms with Crippen LogP contribution in [0.3, 0.4) is 0 Å². The molecule has 1 aliphatic heterocycles. The minimum Gasteiger partial charge on any atom is -0.371 e. The number of nitrogens with one attached hydrogen (secondary N) is 1. The van der Waals surface area contributed by atoms with Crippen molar-refractivity contribution in [2.24, 2.45) is 5.73 Å². The van der Waals surface area contributed by atoms with Crippen LogP contribution in [-0.2, 0) is 6.54 Å². The maximum atomic E-state index is 12.6. The molecule has 0 bridgehead atoms. The van der Waals surface area contributed by atoms with Crippen LogP contribution in [0.25, 0.3) is 0 Å². The number of carbonyl (C=O) groups excluding carboxylic acids is 1. The van der Waals surface area contributed by atoms with Gasteiger partial charge in [-0.3, -0.25) is 9.78 Å². The topological polar surface area (TPSA) is 71.2 Å². The van der Waals surface area contributed by atoms with Gasteiger partial charge in [-0.1, -0.05) is 12.1 Å². The number of pyridine rings is 1. The zero-order valence-electron chi connectivity index (χ0n) is 13.1. The monoisotopic (exact) mass is 310 g/mol. The van der Waals surface area contributed by atoms with Gasteiger partial charge in [-0.05, 0) is 42.7 Å². The van der Waals surface area contributed by atoms with E-state index in [0.29, 0.717) is 6.54 Å². The first kappa shape index (κ1) is 15.5. The third kappa shape index (κ3) is 3.87. The van der Waals surface area contributed by atoms with Crippen molar-refractivity contribution in [3.63, 3.8) is 0 Å². The van der Waals surface area contributed by atoms with Gasteiger partial charge in [0.2, 0.25) is 0 Å². The summed E-state index contributed by atoms with van der Waals surface area (Å²) in [5.41, 5.74) is 8.72. The lowest BCUT2D eigenvalue weighted by atomic mass is 10.0. The van der Waals surface area contributed by atoms with E-state index in [9.17, 15) is 4.79 Å². The SMILES string of the molecule is NC1CCN(c2ccccc2C(=O)NCc2ccncc2)CC1. The Morgan fingerprint density at radius 2 is 1.87 bits per heavy atom. The first-order chi connectivity index (χ1) is 11.2. The molecule has 1 aromatic heterocycles. The molecule has 1 fully saturated rings. The molecule has 0 spiro atoms. The van der Waals surface area contributed by atoms with Gasteiger partial charge in [0, 0.05) is 43.8 Å². The van der Waals surface area contributed by atoms with Crippen LogP contribution < -0.4 is 16.0 Å². The molecule has 120 valence electrons. The Morgan fingerprint density at radius 1 is 1.17 bits per heavy atom. The van der Waals surface area contributed by atoms with Crippen molar-refractivity contribution in [3.05, 3.63) is 59.9 Å². The number of anilines is 1. The van der Waals surface area contributed by atoms with Crippen LogP contribution in [0.5, 0.6) is 0 Å². The predicted octanol–water partition coefficient (Wildman–Crippen LogP) is 1.94. The molecule has 0 radical (unpaired) electrons. The second-order valence-electron chi connectivity index (χ2n) is 5.88. The van der Waals surface area contributed by atoms with Gasteiger partial charge in [0.15, 0.2) is 0 Å². The van der Waals surface area contributed by atoms with Crippen molar-refractivity contribution < 1.29 is 4.79 Å². The highest BCUT2D eigenvalue weighted by Gasteiger charge is 2.20. The molecule has 1 aliphatic rings. The van der Waals surface area contributed by atoms with E-state index in [1.54, 1.807) is 12.4 Å². The van der Waals surface area contributed by atoms with E-state index in [0.717, 1.165) is 42.7 Å². The van der Waals surface area contributed by atoms with Gasteiger partial charge >= 0.3 is 0 Å². The number of rotatable bonds is 4. The van der Waals surface area contributed by atoms with Gasteiger partial charge in [0.05, 0.1) is 5.56 Å². The number of piperidine rings is 1. The van der Waals surface area contributed by atoms with Crippen molar-refractivity contribution in [3.8, 4) is 0 Å². The summed E-state index contributed by atoms with van der Waals surface area (Å²) in [5.74, 6) is -0.0488. The normalized spacial score (nSPS) is 15.4. The fourth-order valence-corrected chi connectivity index (χ4v) is 2.86. The molecule has 0 unspecified atom stereocenters. The molecule has 1 amide bonds. The van der Waals surface area contributed by atoms with Gasteiger partial charge in [-0.25, -0.2) is 0 Å². The number of carbonyl (C=O) groups is 1. The predicted molar refractivity (Wildman–Crippen MR) is 91.3 cm³/mol. The summed E-state index contributed by atoms with van der Waals surface area (Å²) in [5, 5.41) is 2.99. The summed E-state index contributed by atoms with van der Waals surface area (Å²) in [6, 6.07) is 11.9. The Labute approximate surface area is 136 Å². The average Bonchev–Trinajstić information content (AvgIpc) is 2.61. The zero-order chi connectivity index (χ0) is 16.1. The second kappa shape index (κ2) is 7.24. The molecule has 5 heteroatoms. The van der Waals surface area contributed by atoms with Crippen LogP contribution in [0.15, 0.2) is 48.8 Å². The first-order valence-corrected chi connectivity index (χ1v) is 8.00. The van der Waals surface area contributed by atoms with Crippen molar-refractivity contribution in [2.75, 3.05) is 18.0 Å². The highest BCUT2D eigenvalue weighted by molar-refractivity contribution is 5.99. The quantitative estimate of drug-likeness (QED) is 0.905. The van der Waals surface area contributed by atoms with Crippen LogP contribution in [0, 0.1) is 0 Å². The lowest BCUT2D eigenvalue weighted by Gasteiger charge is -2.33. The molecule has 2 aromatic rings. The van der Waals surface area contributed by atoms with Crippen molar-refractivity contribution in [1.29, 1.82) is 0 Å². The standard InChI is InChI=1S/C18H22N4O/c19-15-7-11-22(12-8-15)17-4-2-1-3-16(17)18(23)21-13-14-5-9-20-10-6-14/h1-6,9-10,15H,7-8,11-13,19H2,(H,21,23). The van der Waals surface area contributed by atoms with Crippen LogP contribution in [-0.4, -0.2) is 30.0 Å². The number of benzene rings is 1. The van der Waals surface area contributed by atoms with Gasteiger partial charge in [-0.15, -0.1) is 0 Å². The van der Waals surface area contributed by atoms with Crippen molar-refractivity contribution in [1.82, 2.24) is 10.3 Å². The molecular formula is C18H22N4O. The lowest BCUT2D eigenvalue weighted by molar-refractivity contribution is 0.0951. The number of hydrogen-bond acceptors (Lipinski definition) is 4. The fourth-order valence-electron chi connectivity index (χ4n) is 2.86. The van der Waals surface area contributed by atoms with Crippen LogP contribution in [0.1, 0.15) is 28.8 Å². The Kier molecular flexibility index (Phi) is 4.88. The Hall–Kier alpha value is -2.40. The number of para-hydroxylation sites is 1. The van der Waals surface area contributed by atoms with E-state index in [1.807, 2.05) is 36.4 Å². The van der Waals surface area contributed by atoms with E-state index < -0.39 is 0 Å². The first-order valence-electron chi connectivity index (χ1n) is 8.00. The number of aromatic nitrogens is 1. The summed E-state index contributed by atoms with van der Waals surface area (Å²) >= 11 is 0. The molecule has 3 N–H and O–H groups in total. The van der Waals surface area contributed by atoms with Gasteiger partial charge in [-0.2, -0.15) is 0 Å². The molecule has 2 heterocycles. The second-order valence-corrected chi connectivity index (χ2v) is 5.88. The minimum atomic E-state index is -0.0488. The molecule has 1 aromatic carbocycles. The Morgan fingerprint density at radius 3 is 2.61 bits per heavy atom. The molecule has 0 saturated carbocycles. The molecule has 0 atom stereocenters. The van der Waals surface area contributed by atoms with Crippen LogP contribution in [0.2, 0.25) is 0 Å². The highest BCUT2D eigenvalue weighted by atomic mass is 16.1. The Bertz CT molecular complexity index is 651. The van der Waals surface area contributed by atoms with Gasteiger partial charge in [0.1, 0.15) is 0 Å². The number of hydrogen-bond donors (Lipinski definition) is 2. The average molecular weight is 310 g/mol. The van der Waals surface area contributed by atoms with E-state index in [1.165, 1.54) is 0 Å². The molecule has 1 saturated heterocycles. The fraction of sp³-hybridized carbons (Fsp3) is 0.333. The Balaban J connectivity index is 1.70. The van der Waals surface area contributed by atoms with Crippen molar-refractivity contribution >= 4 is 11.6 Å². The van der Waals surface area contributed by atoms with E-state index in [4.69, 9.17) is 5.73 Å². The third-order valence-corrected chi connectivity index (χ3v) is 4.23. The minimum absolute atomic E-state index is 0.0488. The molecule has 3 rings (SSSR count). The maximum absolute atomic E-state index is 12.6. The molecule has 0 aliphatic carbocycles. The number of amides is 1. The lowest BCUT2D eigenvalue weighted by Crippen LogP contribution is -2.40. The van der Waals surface area contributed by atoms with Gasteiger partial charge < -0.3 is 16.0 Å². The molecule has 23 heavy (non-hydrogen) atoms. The molecule has 5 nitrogen and oxygen atoms in total. The largest absolute Gasteiger partial charge is 0.371 e. The van der Waals surface area contributed by atoms with E-state index >= 15 is 0 Å². The number of nitrogens with zero attached hydrogens (tertiary/aromatic N) is 2. The van der Waals surface area contributed by atoms with Crippen LogP contribution >= 0.6 is 0 Å². The molecular weight excluding hydrogens is 288 g/mol. The summed E-state index contributed by atoms with van der Waals surface area (Å²) in [6.07, 6.45) is 5.39. The van der Waals surface area contributed by atoms with E-state index in [2.05, 4.69) is 15.2 Å². The zero-order valence-corrected chi connectivity index (χ0v) is 13.1. The van der Waals surface area contributed by atoms with E-state index in [-0.39, 0.29) is 11.9 Å². The summed E-state index contributed by atoms with van der Waals surface area (Å²) in [7, 11) is 0. The van der Waals surface area contributed by atoms with Gasteiger partial charge in [0.25, 0.3) is 5.91 Å². The van der Waals surface area contributed by atoms with Crippen LogP contribution in [0.4, 0.5) is 5.69 Å². The smallest absolute Gasteiger partial charge is 0.253 e. The summed E-state index contributed by atoms with van der Waals surface area (Å²) in [4.78, 5) is 18.8. The third-order valence-electron chi connectivity index (χ3n) is 4.23. The van der Waals surface area contributed by atoms with Crippen molar-refractivity contribution in [2.45, 2.75) is 25.4 Å². The number of nitrogens with two attached hydrogens (primary N) is 1. The maximum Gasteiger partial charge on any atom is 0.253 e.